The number of amides is 1. The average Bonchev–Trinajstić information content (AvgIpc) is 2.09. The summed E-state index contributed by atoms with van der Waals surface area (Å²) in [5, 5.41) is 0. The molecule has 0 rings (SSSR count). The lowest BCUT2D eigenvalue weighted by molar-refractivity contribution is -0.161. The van der Waals surface area contributed by atoms with Crippen LogP contribution in [-0.4, -0.2) is 36.1 Å². The zero-order valence-corrected chi connectivity index (χ0v) is 8.97. The van der Waals surface area contributed by atoms with Crippen molar-refractivity contribution in [2.75, 3.05) is 13.1 Å². The molecule has 0 aliphatic rings. The lowest BCUT2D eigenvalue weighted by Crippen LogP contribution is -2.46. The normalized spacial score (nSPS) is 13.7. The van der Waals surface area contributed by atoms with Crippen molar-refractivity contribution in [1.29, 1.82) is 0 Å². The lowest BCUT2D eigenvalue weighted by Gasteiger charge is -2.25. The Morgan fingerprint density at radius 2 is 2.00 bits per heavy atom. The van der Waals surface area contributed by atoms with E-state index in [9.17, 15) is 18.0 Å². The van der Waals surface area contributed by atoms with E-state index in [0.717, 1.165) is 11.3 Å². The van der Waals surface area contributed by atoms with E-state index in [0.29, 0.717) is 6.42 Å². The van der Waals surface area contributed by atoms with E-state index in [4.69, 9.17) is 5.73 Å². The van der Waals surface area contributed by atoms with Crippen LogP contribution in [0.25, 0.3) is 0 Å². The molecule has 0 unspecified atom stereocenters. The Kier molecular flexibility index (Phi) is 5.64. The number of halogens is 3. The van der Waals surface area contributed by atoms with Gasteiger partial charge >= 0.3 is 6.18 Å². The van der Waals surface area contributed by atoms with Crippen molar-refractivity contribution in [2.45, 2.75) is 38.9 Å². The molecule has 0 spiro atoms. The minimum absolute atomic E-state index is 0.108. The van der Waals surface area contributed by atoms with Crippen LogP contribution in [0, 0.1) is 0 Å². The number of carbonyl (C=O) groups excluding carboxylic acids is 1. The van der Waals surface area contributed by atoms with E-state index in [1.807, 2.05) is 6.92 Å². The molecule has 0 aromatic rings. The summed E-state index contributed by atoms with van der Waals surface area (Å²) in [5.41, 5.74) is 5.27. The van der Waals surface area contributed by atoms with Gasteiger partial charge in [0.2, 0.25) is 5.91 Å². The van der Waals surface area contributed by atoms with Crippen molar-refractivity contribution in [3.05, 3.63) is 0 Å². The van der Waals surface area contributed by atoms with Crippen LogP contribution < -0.4 is 5.73 Å². The molecular formula is C9H17F3N2O. The molecule has 0 radical (unpaired) electrons. The topological polar surface area (TPSA) is 46.3 Å². The van der Waals surface area contributed by atoms with Gasteiger partial charge in [-0.2, -0.15) is 13.2 Å². The minimum atomic E-state index is -4.36. The van der Waals surface area contributed by atoms with Gasteiger partial charge in [-0.15, -0.1) is 0 Å². The Morgan fingerprint density at radius 1 is 1.47 bits per heavy atom. The van der Waals surface area contributed by atoms with Crippen molar-refractivity contribution in [3.63, 3.8) is 0 Å². The van der Waals surface area contributed by atoms with E-state index < -0.39 is 24.7 Å². The molecular weight excluding hydrogens is 209 g/mol. The Hall–Kier alpha value is -0.780. The number of hydrogen-bond acceptors (Lipinski definition) is 2. The predicted molar refractivity (Wildman–Crippen MR) is 51.2 cm³/mol. The van der Waals surface area contributed by atoms with Gasteiger partial charge in [0.1, 0.15) is 6.54 Å². The van der Waals surface area contributed by atoms with Gasteiger partial charge in [0.15, 0.2) is 0 Å². The number of nitrogens with zero attached hydrogens (tertiary/aromatic N) is 1. The molecule has 0 saturated carbocycles. The highest BCUT2D eigenvalue weighted by Gasteiger charge is 2.33. The molecule has 0 saturated heterocycles. The molecule has 0 aliphatic heterocycles. The zero-order chi connectivity index (χ0) is 12.1. The molecule has 0 aromatic carbocycles. The van der Waals surface area contributed by atoms with Gasteiger partial charge in [0, 0.05) is 6.54 Å². The van der Waals surface area contributed by atoms with Crippen LogP contribution in [0.15, 0.2) is 0 Å². The maximum Gasteiger partial charge on any atom is 0.406 e. The first-order chi connectivity index (χ1) is 6.78. The quantitative estimate of drug-likeness (QED) is 0.772. The van der Waals surface area contributed by atoms with Gasteiger partial charge in [-0.1, -0.05) is 13.3 Å². The van der Waals surface area contributed by atoms with Gasteiger partial charge in [-0.25, -0.2) is 0 Å². The maximum atomic E-state index is 12.1. The third-order valence-corrected chi connectivity index (χ3v) is 1.85. The first kappa shape index (κ1) is 14.2. The smallest absolute Gasteiger partial charge is 0.332 e. The second-order valence-corrected chi connectivity index (χ2v) is 3.52. The fraction of sp³-hybridized carbons (Fsp3) is 0.889. The highest BCUT2D eigenvalue weighted by Crippen LogP contribution is 2.17. The number of carbonyl (C=O) groups is 1. The summed E-state index contributed by atoms with van der Waals surface area (Å²) in [5.74, 6) is -0.652. The Balaban J connectivity index is 4.37. The van der Waals surface area contributed by atoms with Crippen molar-refractivity contribution < 1.29 is 18.0 Å². The second-order valence-electron chi connectivity index (χ2n) is 3.52. The molecule has 0 aromatic heterocycles. The Bertz CT molecular complexity index is 204. The monoisotopic (exact) mass is 226 g/mol. The molecule has 1 amide bonds. The van der Waals surface area contributed by atoms with E-state index in [2.05, 4.69) is 0 Å². The minimum Gasteiger partial charge on any atom is -0.332 e. The summed E-state index contributed by atoms with van der Waals surface area (Å²) in [7, 11) is 0. The van der Waals surface area contributed by atoms with Gasteiger partial charge in [-0.3, -0.25) is 4.79 Å². The molecule has 15 heavy (non-hydrogen) atoms. The van der Waals surface area contributed by atoms with Crippen LogP contribution in [0.1, 0.15) is 26.7 Å². The fourth-order valence-electron chi connectivity index (χ4n) is 1.12. The van der Waals surface area contributed by atoms with E-state index >= 15 is 0 Å². The standard InChI is InChI=1S/C9H17F3N2O/c1-3-4-5-14(6-9(10,11)12)8(15)7(2)13/h7H,3-6,13H2,1-2H3/t7-/m0/s1. The number of rotatable bonds is 5. The number of hydrogen-bond donors (Lipinski definition) is 1. The summed E-state index contributed by atoms with van der Waals surface area (Å²) in [6.07, 6.45) is -3.08. The van der Waals surface area contributed by atoms with Crippen LogP contribution in [0.2, 0.25) is 0 Å². The summed E-state index contributed by atoms with van der Waals surface area (Å²) in [4.78, 5) is 12.1. The average molecular weight is 226 g/mol. The fourth-order valence-corrected chi connectivity index (χ4v) is 1.12. The first-order valence-electron chi connectivity index (χ1n) is 4.89. The number of alkyl halides is 3. The summed E-state index contributed by atoms with van der Waals surface area (Å²) >= 11 is 0. The van der Waals surface area contributed by atoms with Crippen LogP contribution in [0.4, 0.5) is 13.2 Å². The molecule has 6 heteroatoms. The third-order valence-electron chi connectivity index (χ3n) is 1.85. The van der Waals surface area contributed by atoms with Gasteiger partial charge in [0.05, 0.1) is 6.04 Å². The van der Waals surface area contributed by atoms with Crippen molar-refractivity contribution in [3.8, 4) is 0 Å². The van der Waals surface area contributed by atoms with Crippen LogP contribution in [-0.2, 0) is 4.79 Å². The van der Waals surface area contributed by atoms with E-state index in [-0.39, 0.29) is 6.54 Å². The molecule has 90 valence electrons. The molecule has 0 heterocycles. The van der Waals surface area contributed by atoms with Crippen LogP contribution in [0.3, 0.4) is 0 Å². The Morgan fingerprint density at radius 3 is 2.33 bits per heavy atom. The zero-order valence-electron chi connectivity index (χ0n) is 8.97. The highest BCUT2D eigenvalue weighted by molar-refractivity contribution is 5.81. The van der Waals surface area contributed by atoms with Crippen LogP contribution >= 0.6 is 0 Å². The molecule has 0 fully saturated rings. The van der Waals surface area contributed by atoms with Gasteiger partial charge < -0.3 is 10.6 Å². The number of unbranched alkanes of at least 4 members (excludes halogenated alkanes) is 1. The molecule has 2 N–H and O–H groups in total. The molecule has 0 aliphatic carbocycles. The van der Waals surface area contributed by atoms with Crippen LogP contribution in [0.5, 0.6) is 0 Å². The van der Waals surface area contributed by atoms with Gasteiger partial charge in [0.25, 0.3) is 0 Å². The molecule has 3 nitrogen and oxygen atoms in total. The van der Waals surface area contributed by atoms with Crippen molar-refractivity contribution in [1.82, 2.24) is 4.90 Å². The summed E-state index contributed by atoms with van der Waals surface area (Å²) in [6.45, 7) is 2.13. The maximum absolute atomic E-state index is 12.1. The SMILES string of the molecule is CCCCN(CC(F)(F)F)C(=O)[C@H](C)N. The van der Waals surface area contributed by atoms with E-state index in [1.165, 1.54) is 6.92 Å². The van der Waals surface area contributed by atoms with Crippen molar-refractivity contribution in [2.24, 2.45) is 5.73 Å². The summed E-state index contributed by atoms with van der Waals surface area (Å²) in [6, 6.07) is -0.885. The highest BCUT2D eigenvalue weighted by atomic mass is 19.4. The predicted octanol–water partition coefficient (Wildman–Crippen LogP) is 1.52. The second kappa shape index (κ2) is 5.95. The largest absolute Gasteiger partial charge is 0.406 e. The first-order valence-corrected chi connectivity index (χ1v) is 4.89. The Labute approximate surface area is 87.4 Å². The summed E-state index contributed by atoms with van der Waals surface area (Å²) < 4.78 is 36.4. The van der Waals surface area contributed by atoms with Gasteiger partial charge in [-0.05, 0) is 13.3 Å². The van der Waals surface area contributed by atoms with E-state index in [1.54, 1.807) is 0 Å². The number of nitrogens with two attached hydrogens (primary N) is 1. The third kappa shape index (κ3) is 6.33. The molecule has 1 atom stereocenters. The molecule has 0 bridgehead atoms. The lowest BCUT2D eigenvalue weighted by atomic mass is 10.2. The van der Waals surface area contributed by atoms with Crippen molar-refractivity contribution >= 4 is 5.91 Å².